The monoisotopic (exact) mass is 356 g/mol. The van der Waals surface area contributed by atoms with E-state index in [2.05, 4.69) is 15.6 Å². The zero-order valence-corrected chi connectivity index (χ0v) is 14.4. The number of non-ortho nitro benzene ring substituents is 1. The number of benzene rings is 2. The second-order valence-corrected chi connectivity index (χ2v) is 5.72. The van der Waals surface area contributed by atoms with Crippen molar-refractivity contribution < 1.29 is 14.4 Å². The van der Waals surface area contributed by atoms with Gasteiger partial charge in [0.1, 0.15) is 0 Å². The van der Waals surface area contributed by atoms with Gasteiger partial charge in [0.15, 0.2) is 17.5 Å². The first-order valence-corrected chi connectivity index (χ1v) is 8.22. The Balaban J connectivity index is 1.48. The fourth-order valence-corrected chi connectivity index (χ4v) is 2.61. The van der Waals surface area contributed by atoms with Crippen LogP contribution in [0.5, 0.6) is 11.5 Å². The number of fused-ring (bicyclic) bond motifs is 1. The molecule has 1 aliphatic heterocycles. The maximum absolute atomic E-state index is 10.8. The molecule has 0 aliphatic carbocycles. The molecular formula is C18H20N4O4. The first-order valence-electron chi connectivity index (χ1n) is 8.22. The molecule has 3 rings (SSSR count). The number of rotatable bonds is 6. The molecule has 1 heterocycles. The first kappa shape index (κ1) is 17.5. The Morgan fingerprint density at radius 1 is 1.15 bits per heavy atom. The maximum atomic E-state index is 10.8. The van der Waals surface area contributed by atoms with Gasteiger partial charge < -0.3 is 20.1 Å². The van der Waals surface area contributed by atoms with Gasteiger partial charge in [0.2, 0.25) is 6.79 Å². The quantitative estimate of drug-likeness (QED) is 0.356. The average molecular weight is 356 g/mol. The van der Waals surface area contributed by atoms with Crippen LogP contribution in [0, 0.1) is 10.1 Å². The molecule has 1 aliphatic rings. The lowest BCUT2D eigenvalue weighted by atomic mass is 10.1. The van der Waals surface area contributed by atoms with Crippen LogP contribution >= 0.6 is 0 Å². The molecule has 0 radical (unpaired) electrons. The van der Waals surface area contributed by atoms with Gasteiger partial charge in [0, 0.05) is 32.3 Å². The van der Waals surface area contributed by atoms with Crippen molar-refractivity contribution in [1.29, 1.82) is 0 Å². The lowest BCUT2D eigenvalue weighted by Crippen LogP contribution is -2.37. The highest BCUT2D eigenvalue weighted by Crippen LogP contribution is 2.32. The van der Waals surface area contributed by atoms with Crippen LogP contribution in [0.1, 0.15) is 11.1 Å². The molecule has 0 spiro atoms. The SMILES string of the molecule is CN=C(NCCc1ccc2c(c1)OCO2)NCc1cccc([N+](=O)[O-])c1. The molecule has 0 bridgehead atoms. The van der Waals surface area contributed by atoms with E-state index < -0.39 is 4.92 Å². The number of aliphatic imine (C=N–C) groups is 1. The lowest BCUT2D eigenvalue weighted by molar-refractivity contribution is -0.384. The van der Waals surface area contributed by atoms with Crippen molar-refractivity contribution in [2.45, 2.75) is 13.0 Å². The van der Waals surface area contributed by atoms with Crippen LogP contribution in [0.2, 0.25) is 0 Å². The number of hydrogen-bond donors (Lipinski definition) is 2. The minimum absolute atomic E-state index is 0.0788. The molecular weight excluding hydrogens is 336 g/mol. The van der Waals surface area contributed by atoms with Gasteiger partial charge in [0.25, 0.3) is 5.69 Å². The van der Waals surface area contributed by atoms with E-state index in [0.717, 1.165) is 29.0 Å². The summed E-state index contributed by atoms with van der Waals surface area (Å²) in [5.74, 6) is 2.18. The van der Waals surface area contributed by atoms with Gasteiger partial charge in [-0.1, -0.05) is 18.2 Å². The van der Waals surface area contributed by atoms with Gasteiger partial charge in [-0.05, 0) is 29.7 Å². The molecule has 0 atom stereocenters. The maximum Gasteiger partial charge on any atom is 0.269 e. The number of nitro groups is 1. The van der Waals surface area contributed by atoms with E-state index in [9.17, 15) is 10.1 Å². The minimum atomic E-state index is -0.401. The molecule has 0 saturated heterocycles. The molecule has 136 valence electrons. The van der Waals surface area contributed by atoms with Crippen molar-refractivity contribution in [3.63, 3.8) is 0 Å². The van der Waals surface area contributed by atoms with Gasteiger partial charge >= 0.3 is 0 Å². The smallest absolute Gasteiger partial charge is 0.269 e. The second-order valence-electron chi connectivity index (χ2n) is 5.72. The Bertz CT molecular complexity index is 823. The number of nitrogens with one attached hydrogen (secondary N) is 2. The molecule has 0 saturated carbocycles. The predicted molar refractivity (Wildman–Crippen MR) is 97.6 cm³/mol. The summed E-state index contributed by atoms with van der Waals surface area (Å²) >= 11 is 0. The van der Waals surface area contributed by atoms with Crippen molar-refractivity contribution in [2.24, 2.45) is 4.99 Å². The van der Waals surface area contributed by atoms with E-state index in [1.54, 1.807) is 19.2 Å². The van der Waals surface area contributed by atoms with Crippen molar-refractivity contribution in [3.05, 3.63) is 63.7 Å². The first-order chi connectivity index (χ1) is 12.7. The summed E-state index contributed by atoms with van der Waals surface area (Å²) in [5.41, 5.74) is 2.03. The largest absolute Gasteiger partial charge is 0.454 e. The fraction of sp³-hybridized carbons (Fsp3) is 0.278. The summed E-state index contributed by atoms with van der Waals surface area (Å²) in [4.78, 5) is 14.6. The number of ether oxygens (including phenoxy) is 2. The van der Waals surface area contributed by atoms with Crippen LogP contribution in [-0.2, 0) is 13.0 Å². The van der Waals surface area contributed by atoms with Crippen molar-refractivity contribution in [1.82, 2.24) is 10.6 Å². The van der Waals surface area contributed by atoms with Crippen LogP contribution < -0.4 is 20.1 Å². The van der Waals surface area contributed by atoms with E-state index in [-0.39, 0.29) is 12.5 Å². The zero-order valence-electron chi connectivity index (χ0n) is 14.4. The third-order valence-electron chi connectivity index (χ3n) is 3.95. The molecule has 2 N–H and O–H groups in total. The van der Waals surface area contributed by atoms with Crippen LogP contribution in [0.3, 0.4) is 0 Å². The van der Waals surface area contributed by atoms with Crippen molar-refractivity contribution in [2.75, 3.05) is 20.4 Å². The molecule has 0 unspecified atom stereocenters. The minimum Gasteiger partial charge on any atom is -0.454 e. The summed E-state index contributed by atoms with van der Waals surface area (Å²) in [6, 6.07) is 12.4. The highest BCUT2D eigenvalue weighted by molar-refractivity contribution is 5.79. The summed E-state index contributed by atoms with van der Waals surface area (Å²) in [5, 5.41) is 17.2. The third-order valence-corrected chi connectivity index (χ3v) is 3.95. The fourth-order valence-electron chi connectivity index (χ4n) is 2.61. The van der Waals surface area contributed by atoms with E-state index in [1.165, 1.54) is 6.07 Å². The molecule has 8 heteroatoms. The Kier molecular flexibility index (Phi) is 5.52. The molecule has 26 heavy (non-hydrogen) atoms. The molecule has 0 fully saturated rings. The molecule has 8 nitrogen and oxygen atoms in total. The molecule has 2 aromatic carbocycles. The van der Waals surface area contributed by atoms with E-state index in [0.29, 0.717) is 19.0 Å². The predicted octanol–water partition coefficient (Wildman–Crippen LogP) is 2.23. The Morgan fingerprint density at radius 2 is 2.00 bits per heavy atom. The summed E-state index contributed by atoms with van der Waals surface area (Å²) in [7, 11) is 1.68. The average Bonchev–Trinajstić information content (AvgIpc) is 3.12. The summed E-state index contributed by atoms with van der Waals surface area (Å²) in [6.07, 6.45) is 0.800. The number of nitro benzene ring substituents is 1. The number of nitrogens with zero attached hydrogens (tertiary/aromatic N) is 2. The van der Waals surface area contributed by atoms with Crippen LogP contribution in [-0.4, -0.2) is 31.3 Å². The van der Waals surface area contributed by atoms with E-state index in [4.69, 9.17) is 9.47 Å². The lowest BCUT2D eigenvalue weighted by Gasteiger charge is -2.12. The van der Waals surface area contributed by atoms with Crippen LogP contribution in [0.25, 0.3) is 0 Å². The Hall–Kier alpha value is -3.29. The van der Waals surface area contributed by atoms with Gasteiger partial charge in [-0.25, -0.2) is 0 Å². The summed E-state index contributed by atoms with van der Waals surface area (Å²) < 4.78 is 10.7. The highest BCUT2D eigenvalue weighted by Gasteiger charge is 2.13. The van der Waals surface area contributed by atoms with Crippen molar-refractivity contribution >= 4 is 11.6 Å². The van der Waals surface area contributed by atoms with Gasteiger partial charge in [-0.3, -0.25) is 15.1 Å². The second kappa shape index (κ2) is 8.19. The normalized spacial score (nSPS) is 12.7. The zero-order chi connectivity index (χ0) is 18.4. The van der Waals surface area contributed by atoms with E-state index in [1.807, 2.05) is 24.3 Å². The van der Waals surface area contributed by atoms with Crippen LogP contribution in [0.4, 0.5) is 5.69 Å². The number of guanidine groups is 1. The highest BCUT2D eigenvalue weighted by atomic mass is 16.7. The van der Waals surface area contributed by atoms with Gasteiger partial charge in [0.05, 0.1) is 4.92 Å². The molecule has 0 aromatic heterocycles. The van der Waals surface area contributed by atoms with Crippen molar-refractivity contribution in [3.8, 4) is 11.5 Å². The third kappa shape index (κ3) is 4.41. The topological polar surface area (TPSA) is 98.0 Å². The Morgan fingerprint density at radius 3 is 2.81 bits per heavy atom. The van der Waals surface area contributed by atoms with Gasteiger partial charge in [-0.2, -0.15) is 0 Å². The van der Waals surface area contributed by atoms with Crippen LogP contribution in [0.15, 0.2) is 47.5 Å². The molecule has 2 aromatic rings. The standard InChI is InChI=1S/C18H20N4O4/c1-19-18(21-11-14-3-2-4-15(9-14)22(23)24)20-8-7-13-5-6-16-17(10-13)26-12-25-16/h2-6,9-10H,7-8,11-12H2,1H3,(H2,19,20,21). The summed E-state index contributed by atoms with van der Waals surface area (Å²) in [6.45, 7) is 1.41. The Labute approximate surface area is 151 Å². The van der Waals surface area contributed by atoms with Gasteiger partial charge in [-0.15, -0.1) is 0 Å². The molecule has 0 amide bonds. The van der Waals surface area contributed by atoms with E-state index >= 15 is 0 Å². The number of hydrogen-bond acceptors (Lipinski definition) is 5.